The van der Waals surface area contributed by atoms with Crippen LogP contribution in [0.1, 0.15) is 11.1 Å². The Bertz CT molecular complexity index is 705. The fourth-order valence-corrected chi connectivity index (χ4v) is 2.76. The molecule has 0 aromatic heterocycles. The van der Waals surface area contributed by atoms with Crippen molar-refractivity contribution in [1.82, 2.24) is 0 Å². The van der Waals surface area contributed by atoms with Gasteiger partial charge >= 0.3 is 0 Å². The lowest BCUT2D eigenvalue weighted by atomic mass is 10.1. The molecule has 0 bridgehead atoms. The first-order chi connectivity index (χ1) is 10.2. The number of hydrogen-bond donors (Lipinski definition) is 1. The molecule has 0 saturated heterocycles. The number of anilines is 3. The second-order valence-corrected chi connectivity index (χ2v) is 5.18. The Hall–Kier alpha value is -2.51. The monoisotopic (exact) mass is 279 g/mol. The number of rotatable bonds is 2. The molecule has 0 radical (unpaired) electrons. The number of aliphatic hydroxyl groups is 1. The van der Waals surface area contributed by atoms with E-state index in [1.165, 1.54) is 5.69 Å². The fraction of sp³-hybridized carbons (Fsp3) is 0.235. The van der Waals surface area contributed by atoms with Gasteiger partial charge in [-0.25, -0.2) is 0 Å². The standard InChI is InChI=1S/C17H17N3O/c1-19-8-9-20(17-5-3-2-4-16(17)19)15-7-6-13(12-21)10-14(15)11-18/h2-7,10,21H,8-9,12H2,1H3. The first-order valence-corrected chi connectivity index (χ1v) is 6.96. The zero-order chi connectivity index (χ0) is 14.8. The minimum atomic E-state index is -0.0473. The van der Waals surface area contributed by atoms with Crippen molar-refractivity contribution < 1.29 is 5.11 Å². The highest BCUT2D eigenvalue weighted by Gasteiger charge is 2.22. The third-order valence-electron chi connectivity index (χ3n) is 3.90. The maximum absolute atomic E-state index is 9.40. The van der Waals surface area contributed by atoms with Crippen LogP contribution in [0, 0.1) is 11.3 Å². The molecule has 0 saturated carbocycles. The van der Waals surface area contributed by atoms with Gasteiger partial charge < -0.3 is 14.9 Å². The number of nitrogens with zero attached hydrogens (tertiary/aromatic N) is 3. The third-order valence-corrected chi connectivity index (χ3v) is 3.90. The van der Waals surface area contributed by atoms with E-state index >= 15 is 0 Å². The fourth-order valence-electron chi connectivity index (χ4n) is 2.76. The maximum atomic E-state index is 9.40. The molecular weight excluding hydrogens is 262 g/mol. The molecule has 1 heterocycles. The van der Waals surface area contributed by atoms with Gasteiger partial charge in [-0.2, -0.15) is 5.26 Å². The van der Waals surface area contributed by atoms with Crippen molar-refractivity contribution in [3.05, 3.63) is 53.6 Å². The van der Waals surface area contributed by atoms with Crippen molar-refractivity contribution in [1.29, 1.82) is 5.26 Å². The summed E-state index contributed by atoms with van der Waals surface area (Å²) in [4.78, 5) is 4.40. The lowest BCUT2D eigenvalue weighted by Crippen LogP contribution is -2.36. The second kappa shape index (κ2) is 5.47. The summed E-state index contributed by atoms with van der Waals surface area (Å²) in [6, 6.07) is 16.0. The van der Waals surface area contributed by atoms with E-state index in [1.54, 1.807) is 6.07 Å². The predicted molar refractivity (Wildman–Crippen MR) is 83.8 cm³/mol. The van der Waals surface area contributed by atoms with Crippen LogP contribution in [0.15, 0.2) is 42.5 Å². The van der Waals surface area contributed by atoms with E-state index in [1.807, 2.05) is 24.3 Å². The van der Waals surface area contributed by atoms with Gasteiger partial charge in [0.25, 0.3) is 0 Å². The van der Waals surface area contributed by atoms with Gasteiger partial charge in [-0.1, -0.05) is 18.2 Å². The van der Waals surface area contributed by atoms with E-state index in [0.29, 0.717) is 5.56 Å². The van der Waals surface area contributed by atoms with Gasteiger partial charge in [0.1, 0.15) is 6.07 Å². The number of aliphatic hydroxyl groups excluding tert-OH is 1. The first kappa shape index (κ1) is 13.5. The van der Waals surface area contributed by atoms with Gasteiger partial charge in [0.05, 0.1) is 29.2 Å². The molecule has 4 nitrogen and oxygen atoms in total. The van der Waals surface area contributed by atoms with E-state index < -0.39 is 0 Å². The van der Waals surface area contributed by atoms with Crippen molar-refractivity contribution >= 4 is 17.1 Å². The van der Waals surface area contributed by atoms with Crippen molar-refractivity contribution in [2.75, 3.05) is 29.9 Å². The summed E-state index contributed by atoms with van der Waals surface area (Å²) in [5, 5.41) is 18.6. The molecule has 4 heteroatoms. The molecule has 2 aromatic rings. The molecule has 0 fully saturated rings. The molecule has 2 aromatic carbocycles. The van der Waals surface area contributed by atoms with E-state index in [-0.39, 0.29) is 6.61 Å². The Morgan fingerprint density at radius 1 is 1.10 bits per heavy atom. The topological polar surface area (TPSA) is 50.5 Å². The minimum absolute atomic E-state index is 0.0473. The molecule has 3 rings (SSSR count). The van der Waals surface area contributed by atoms with Crippen LogP contribution < -0.4 is 9.80 Å². The smallest absolute Gasteiger partial charge is 0.101 e. The molecule has 0 amide bonds. The first-order valence-electron chi connectivity index (χ1n) is 6.96. The average Bonchev–Trinajstić information content (AvgIpc) is 2.55. The van der Waals surface area contributed by atoms with Crippen molar-refractivity contribution in [3.63, 3.8) is 0 Å². The highest BCUT2D eigenvalue weighted by molar-refractivity contribution is 5.81. The zero-order valence-electron chi connectivity index (χ0n) is 12.0. The highest BCUT2D eigenvalue weighted by atomic mass is 16.3. The Kier molecular flexibility index (Phi) is 3.51. The van der Waals surface area contributed by atoms with Crippen molar-refractivity contribution in [2.45, 2.75) is 6.61 Å². The Labute approximate surface area is 124 Å². The number of fused-ring (bicyclic) bond motifs is 1. The largest absolute Gasteiger partial charge is 0.392 e. The van der Waals surface area contributed by atoms with Crippen LogP contribution in [0.3, 0.4) is 0 Å². The van der Waals surface area contributed by atoms with Gasteiger partial charge in [0.15, 0.2) is 0 Å². The molecule has 1 N–H and O–H groups in total. The minimum Gasteiger partial charge on any atom is -0.392 e. The van der Waals surface area contributed by atoms with Crippen LogP contribution in [0.4, 0.5) is 17.1 Å². The summed E-state index contributed by atoms with van der Waals surface area (Å²) >= 11 is 0. The summed E-state index contributed by atoms with van der Waals surface area (Å²) in [5.74, 6) is 0. The number of para-hydroxylation sites is 2. The molecule has 0 aliphatic carbocycles. The van der Waals surface area contributed by atoms with E-state index in [2.05, 4.69) is 35.0 Å². The van der Waals surface area contributed by atoms with Crippen LogP contribution in [-0.2, 0) is 6.61 Å². The molecule has 0 unspecified atom stereocenters. The van der Waals surface area contributed by atoms with Gasteiger partial charge in [-0.3, -0.25) is 0 Å². The normalized spacial score (nSPS) is 13.8. The lowest BCUT2D eigenvalue weighted by molar-refractivity contribution is 0.282. The molecular formula is C17H17N3O. The van der Waals surface area contributed by atoms with Gasteiger partial charge in [0.2, 0.25) is 0 Å². The Morgan fingerprint density at radius 3 is 2.57 bits per heavy atom. The average molecular weight is 279 g/mol. The molecule has 0 spiro atoms. The number of hydrogen-bond acceptors (Lipinski definition) is 4. The van der Waals surface area contributed by atoms with Crippen molar-refractivity contribution in [3.8, 4) is 6.07 Å². The third kappa shape index (κ3) is 2.32. The Balaban J connectivity index is 2.10. The summed E-state index contributed by atoms with van der Waals surface area (Å²) in [7, 11) is 2.08. The van der Waals surface area contributed by atoms with Crippen LogP contribution in [0.2, 0.25) is 0 Å². The lowest BCUT2D eigenvalue weighted by Gasteiger charge is -2.37. The quantitative estimate of drug-likeness (QED) is 0.918. The Morgan fingerprint density at radius 2 is 1.86 bits per heavy atom. The van der Waals surface area contributed by atoms with Crippen LogP contribution >= 0.6 is 0 Å². The maximum Gasteiger partial charge on any atom is 0.101 e. The number of likely N-dealkylation sites (N-methyl/N-ethyl adjacent to an activating group) is 1. The number of benzene rings is 2. The van der Waals surface area contributed by atoms with Gasteiger partial charge in [-0.15, -0.1) is 0 Å². The summed E-state index contributed by atoms with van der Waals surface area (Å²) in [5.41, 5.74) is 4.53. The summed E-state index contributed by atoms with van der Waals surface area (Å²) < 4.78 is 0. The van der Waals surface area contributed by atoms with Crippen molar-refractivity contribution in [2.24, 2.45) is 0 Å². The van der Waals surface area contributed by atoms with Crippen LogP contribution in [0.25, 0.3) is 0 Å². The molecule has 21 heavy (non-hydrogen) atoms. The zero-order valence-corrected chi connectivity index (χ0v) is 12.0. The van der Waals surface area contributed by atoms with E-state index in [0.717, 1.165) is 30.0 Å². The molecule has 0 atom stereocenters. The van der Waals surface area contributed by atoms with E-state index in [9.17, 15) is 10.4 Å². The van der Waals surface area contributed by atoms with Crippen LogP contribution in [-0.4, -0.2) is 25.2 Å². The van der Waals surface area contributed by atoms with Gasteiger partial charge in [0, 0.05) is 20.1 Å². The number of nitriles is 1. The SMILES string of the molecule is CN1CCN(c2ccc(CO)cc2C#N)c2ccccc21. The van der Waals surface area contributed by atoms with Crippen LogP contribution in [0.5, 0.6) is 0 Å². The molecule has 1 aliphatic rings. The summed E-state index contributed by atoms with van der Waals surface area (Å²) in [6.45, 7) is 1.69. The predicted octanol–water partition coefficient (Wildman–Crippen LogP) is 2.64. The highest BCUT2D eigenvalue weighted by Crippen LogP contribution is 2.38. The summed E-state index contributed by atoms with van der Waals surface area (Å²) in [6.07, 6.45) is 0. The van der Waals surface area contributed by atoms with Gasteiger partial charge in [-0.05, 0) is 29.8 Å². The second-order valence-electron chi connectivity index (χ2n) is 5.18. The van der Waals surface area contributed by atoms with E-state index in [4.69, 9.17) is 0 Å². The molecule has 1 aliphatic heterocycles. The molecule has 106 valence electrons.